The Labute approximate surface area is 505 Å². The molecule has 7 aliphatic rings. The van der Waals surface area contributed by atoms with E-state index in [0.29, 0.717) is 0 Å². The van der Waals surface area contributed by atoms with E-state index >= 15 is 0 Å². The number of allylic oxidation sites excluding steroid dienone is 14. The first-order chi connectivity index (χ1) is 42.2. The van der Waals surface area contributed by atoms with Crippen molar-refractivity contribution in [3.05, 3.63) is 345 Å². The van der Waals surface area contributed by atoms with E-state index in [0.717, 1.165) is 45.5 Å². The Bertz CT molecular complexity index is 5060. The van der Waals surface area contributed by atoms with Crippen molar-refractivity contribution in [3.8, 4) is 14.6 Å². The molecule has 5 heterocycles. The molecule has 2 unspecified atom stereocenters. The van der Waals surface area contributed by atoms with Gasteiger partial charge in [0.15, 0.2) is 0 Å². The zero-order chi connectivity index (χ0) is 55.5. The van der Waals surface area contributed by atoms with Crippen LogP contribution in [0.4, 0.5) is 51.2 Å². The van der Waals surface area contributed by atoms with Gasteiger partial charge >= 0.3 is 302 Å². The Morgan fingerprint density at radius 2 is 0.976 bits per heavy atom. The second-order valence-corrected chi connectivity index (χ2v) is 26.9. The summed E-state index contributed by atoms with van der Waals surface area (Å²) in [5.74, 6) is 0.478. The molecule has 3 aromatic heterocycles. The summed E-state index contributed by atoms with van der Waals surface area (Å²) < 4.78 is 5.72. The van der Waals surface area contributed by atoms with Crippen molar-refractivity contribution in [3.63, 3.8) is 0 Å². The van der Waals surface area contributed by atoms with Crippen LogP contribution in [0.1, 0.15) is 33.4 Å². The first-order valence-electron chi connectivity index (χ1n) is 29.4. The normalized spacial score (nSPS) is 17.8. The van der Waals surface area contributed by atoms with Crippen LogP contribution >= 0.6 is 0 Å². The van der Waals surface area contributed by atoms with Gasteiger partial charge in [0.1, 0.15) is 0 Å². The quantitative estimate of drug-likeness (QED) is 0.154. The van der Waals surface area contributed by atoms with E-state index in [2.05, 4.69) is 308 Å². The van der Waals surface area contributed by atoms with Crippen LogP contribution in [-0.4, -0.2) is 33.6 Å². The van der Waals surface area contributed by atoms with Gasteiger partial charge in [-0.25, -0.2) is 0 Å². The molecule has 0 N–H and O–H groups in total. The van der Waals surface area contributed by atoms with Crippen molar-refractivity contribution in [1.82, 2.24) is 4.57 Å². The van der Waals surface area contributed by atoms with Gasteiger partial charge in [-0.1, -0.05) is 109 Å². The molecule has 6 heteroatoms. The molecular weight excluding hydrogens is 1160 g/mol. The molecular formula is C79H50N4Se2. The van der Waals surface area contributed by atoms with Crippen LogP contribution in [0.2, 0.25) is 0 Å². The van der Waals surface area contributed by atoms with Gasteiger partial charge in [0.05, 0.1) is 11.4 Å². The molecule has 19 rings (SSSR count). The molecule has 9 aromatic carbocycles. The van der Waals surface area contributed by atoms with Crippen molar-refractivity contribution in [1.29, 1.82) is 0 Å². The van der Waals surface area contributed by atoms with Crippen LogP contribution in [0.25, 0.3) is 47.5 Å². The molecule has 0 saturated heterocycles. The molecule has 0 fully saturated rings. The summed E-state index contributed by atoms with van der Waals surface area (Å²) >= 11 is 0.552. The number of fused-ring (bicyclic) bond motifs is 15. The van der Waals surface area contributed by atoms with E-state index in [-0.39, 0.29) is 40.8 Å². The number of anilines is 9. The molecule has 398 valence electrons. The van der Waals surface area contributed by atoms with Gasteiger partial charge in [0.2, 0.25) is 0 Å². The van der Waals surface area contributed by atoms with E-state index in [9.17, 15) is 0 Å². The van der Waals surface area contributed by atoms with Crippen LogP contribution in [0.15, 0.2) is 311 Å². The Morgan fingerprint density at radius 1 is 0.365 bits per heavy atom. The summed E-state index contributed by atoms with van der Waals surface area (Å²) in [5, 5.41) is 2.48. The molecule has 4 nitrogen and oxygen atoms in total. The predicted octanol–water partition coefficient (Wildman–Crippen LogP) is 19.3. The summed E-state index contributed by atoms with van der Waals surface area (Å²) in [6, 6.07) is 86.6. The second-order valence-electron chi connectivity index (χ2n) is 23.1. The Morgan fingerprint density at radius 3 is 1.74 bits per heavy atom. The van der Waals surface area contributed by atoms with Crippen molar-refractivity contribution < 1.29 is 0 Å². The van der Waals surface area contributed by atoms with Crippen LogP contribution in [0, 0.1) is 11.8 Å². The third-order valence-corrected chi connectivity index (χ3v) is 23.6. The van der Waals surface area contributed by atoms with Crippen molar-refractivity contribution >= 4 is 113 Å². The average Bonchev–Trinajstić information content (AvgIpc) is 1.67. The number of hydrogen-bond acceptors (Lipinski definition) is 3. The number of hydrogen-bond donors (Lipinski definition) is 0. The molecule has 2 atom stereocenters. The third-order valence-electron chi connectivity index (χ3n) is 19.1. The zero-order valence-electron chi connectivity index (χ0n) is 46.0. The first-order valence-corrected chi connectivity index (χ1v) is 33.1. The number of rotatable bonds is 6. The molecule has 85 heavy (non-hydrogen) atoms. The number of benzene rings is 9. The molecule has 0 bridgehead atoms. The minimum absolute atomic E-state index is 0.225. The third kappa shape index (κ3) is 6.57. The van der Waals surface area contributed by atoms with Gasteiger partial charge in [0.25, 0.3) is 0 Å². The van der Waals surface area contributed by atoms with E-state index in [1.807, 2.05) is 0 Å². The molecule has 5 aliphatic carbocycles. The van der Waals surface area contributed by atoms with Crippen molar-refractivity contribution in [2.24, 2.45) is 11.8 Å². The Balaban J connectivity index is 0.843. The molecule has 0 saturated carbocycles. The summed E-state index contributed by atoms with van der Waals surface area (Å²) in [4.78, 5) is 12.5. The molecule has 0 radical (unpaired) electrons. The van der Waals surface area contributed by atoms with Gasteiger partial charge in [-0.2, -0.15) is 0 Å². The standard InChI is InChI=1S/C79H50N4Se2/c1-4-17-49(18-5-1)57-36-31-50-34-39-60-58(37-32-51-33-38-59(57)73(50)74(51)60)52-19-16-24-55(47-52)83-67-28-13-11-26-62(67)79(64-43-45-84-77(64)78-65(79)44-46-85-78)63-40-42-71-75(76(63)83)61-25-10-12-27-66(61)82(71)56-35-41-70-72(48-56)81(54-22-8-3-9-23-54)69-30-15-14-29-68(69)80(70)53-20-6-2-7-21-53/h1-48,73-74H. The average molecular weight is 1210 g/mol. The minimum atomic E-state index is -0.474. The summed E-state index contributed by atoms with van der Waals surface area (Å²) in [7, 11) is 0. The minimum Gasteiger partial charge on any atom is -0.0395 e. The Hall–Kier alpha value is -9.64. The SMILES string of the molecule is C1=CC2=C(c3ccccc3)C=CC3=CC=C4C(c5cccc(N6c7ccccc7C7(c8cc[se]c8-c8[se]ccc87)c7ccc8c(c76)c6ccccc6n8-c6ccc7c(c6)N(c6ccccc6)c6ccccc6N7c6ccccc6)c5)=CC=C1C4C32. The fraction of sp³-hybridized carbons (Fsp3) is 0.0380. The fourth-order valence-electron chi connectivity index (χ4n) is 15.7. The molecule has 1 spiro atoms. The maximum absolute atomic E-state index is 2.66. The zero-order valence-corrected chi connectivity index (χ0v) is 49.4. The predicted molar refractivity (Wildman–Crippen MR) is 354 cm³/mol. The monoisotopic (exact) mass is 1210 g/mol. The fourth-order valence-corrected chi connectivity index (χ4v) is 20.6. The van der Waals surface area contributed by atoms with E-state index in [1.54, 1.807) is 8.87 Å². The van der Waals surface area contributed by atoms with Gasteiger partial charge in [-0.3, -0.25) is 0 Å². The van der Waals surface area contributed by atoms with Crippen LogP contribution < -0.4 is 14.7 Å². The van der Waals surface area contributed by atoms with Gasteiger partial charge < -0.3 is 4.90 Å². The first kappa shape index (κ1) is 47.8. The van der Waals surface area contributed by atoms with Gasteiger partial charge in [-0.05, 0) is 64.3 Å². The topological polar surface area (TPSA) is 14.7 Å². The smallest absolute Gasteiger partial charge is 0.0395 e. The van der Waals surface area contributed by atoms with Gasteiger partial charge in [-0.15, -0.1) is 0 Å². The van der Waals surface area contributed by atoms with Crippen molar-refractivity contribution in [2.75, 3.05) is 14.7 Å². The Kier molecular flexibility index (Phi) is 10.2. The van der Waals surface area contributed by atoms with Gasteiger partial charge in [0, 0.05) is 17.3 Å². The summed E-state index contributed by atoms with van der Waals surface area (Å²) in [6.07, 6.45) is 19.1. The van der Waals surface area contributed by atoms with Crippen LogP contribution in [0.5, 0.6) is 0 Å². The number of aromatic nitrogens is 1. The molecule has 12 aromatic rings. The van der Waals surface area contributed by atoms with Crippen molar-refractivity contribution in [2.45, 2.75) is 5.41 Å². The van der Waals surface area contributed by atoms with Crippen LogP contribution in [-0.2, 0) is 5.41 Å². The van der Waals surface area contributed by atoms with Crippen LogP contribution in [0.3, 0.4) is 0 Å². The van der Waals surface area contributed by atoms with E-state index in [4.69, 9.17) is 0 Å². The summed E-state index contributed by atoms with van der Waals surface area (Å²) in [6.45, 7) is 0. The molecule has 0 amide bonds. The maximum atomic E-state index is 2.66. The summed E-state index contributed by atoms with van der Waals surface area (Å²) in [5.41, 5.74) is 29.6. The number of nitrogens with zero attached hydrogens (tertiary/aromatic N) is 4. The molecule has 2 aliphatic heterocycles. The number of para-hydroxylation sites is 6. The van der Waals surface area contributed by atoms with E-state index < -0.39 is 5.41 Å². The second kappa shape index (κ2) is 18.2. The van der Waals surface area contributed by atoms with E-state index in [1.165, 1.54) is 100.0 Å².